The summed E-state index contributed by atoms with van der Waals surface area (Å²) in [6, 6.07) is 27.0. The van der Waals surface area contributed by atoms with Crippen molar-refractivity contribution in [1.82, 2.24) is 20.3 Å². The molecule has 11 nitrogen and oxygen atoms in total. The van der Waals surface area contributed by atoms with Crippen molar-refractivity contribution in [3.63, 3.8) is 0 Å². The molecule has 0 radical (unpaired) electrons. The largest absolute Gasteiger partial charge is 0.506 e. The summed E-state index contributed by atoms with van der Waals surface area (Å²) in [6.45, 7) is 2.10. The lowest BCUT2D eigenvalue weighted by Gasteiger charge is -2.26. The van der Waals surface area contributed by atoms with Gasteiger partial charge in [0.05, 0.1) is 29.1 Å². The molecule has 3 heterocycles. The summed E-state index contributed by atoms with van der Waals surface area (Å²) < 4.78 is 11.4. The quantitative estimate of drug-likeness (QED) is 0.0861. The number of imidazole rings is 1. The normalized spacial score (nSPS) is 13.0. The SMILES string of the molecule is C/C=C\C1=C(c2ccc(C(=O)NCc3ccc(-c4nc(-c5ccc(Cl)c(O)c5)c(-c5ccncc5)[nH]4)cc3)cc2C(=O)OC)c2ccc(NC)cc2O/C1=C/N. The second-order valence-electron chi connectivity index (χ2n) is 12.7. The summed E-state index contributed by atoms with van der Waals surface area (Å²) in [5.41, 5.74) is 14.7. The Bertz CT molecular complexity index is 2560. The number of aromatic nitrogens is 3. The number of pyridine rings is 1. The van der Waals surface area contributed by atoms with Crippen LogP contribution in [0.5, 0.6) is 11.5 Å². The number of nitrogens with two attached hydrogens (primary N) is 1. The zero-order valence-corrected chi connectivity index (χ0v) is 31.4. The van der Waals surface area contributed by atoms with Crippen LogP contribution >= 0.6 is 11.6 Å². The number of carbonyl (C=O) groups is 2. The van der Waals surface area contributed by atoms with Gasteiger partial charge in [0.2, 0.25) is 0 Å². The van der Waals surface area contributed by atoms with Crippen LogP contribution in [-0.2, 0) is 11.3 Å². The number of ether oxygens (including phenoxy) is 2. The van der Waals surface area contributed by atoms with Gasteiger partial charge in [-0.1, -0.05) is 60.2 Å². The van der Waals surface area contributed by atoms with Crippen molar-refractivity contribution in [2.75, 3.05) is 19.5 Å². The van der Waals surface area contributed by atoms with Crippen LogP contribution in [0, 0.1) is 0 Å². The van der Waals surface area contributed by atoms with Crippen molar-refractivity contribution < 1.29 is 24.2 Å². The van der Waals surface area contributed by atoms with Gasteiger partial charge in [-0.15, -0.1) is 0 Å². The van der Waals surface area contributed by atoms with E-state index < -0.39 is 5.97 Å². The number of phenols is 1. The number of nitrogens with zero attached hydrogens (tertiary/aromatic N) is 2. The second-order valence-corrected chi connectivity index (χ2v) is 13.1. The van der Waals surface area contributed by atoms with E-state index in [1.807, 2.05) is 80.7 Å². The maximum Gasteiger partial charge on any atom is 0.338 e. The predicted octanol–water partition coefficient (Wildman–Crippen LogP) is 8.49. The van der Waals surface area contributed by atoms with E-state index in [0.29, 0.717) is 45.3 Å². The number of esters is 1. The van der Waals surface area contributed by atoms with Gasteiger partial charge in [0.1, 0.15) is 17.3 Å². The van der Waals surface area contributed by atoms with Gasteiger partial charge in [-0.25, -0.2) is 9.78 Å². The number of hydrogen-bond donors (Lipinski definition) is 5. The molecule has 6 aromatic rings. The molecular weight excluding hydrogens is 728 g/mol. The highest BCUT2D eigenvalue weighted by molar-refractivity contribution is 6.32. The summed E-state index contributed by atoms with van der Waals surface area (Å²) in [6.07, 6.45) is 8.51. The van der Waals surface area contributed by atoms with Crippen LogP contribution in [0.2, 0.25) is 5.02 Å². The number of methoxy groups -OCH3 is 1. The van der Waals surface area contributed by atoms with Crippen LogP contribution in [0.4, 0.5) is 5.69 Å². The summed E-state index contributed by atoms with van der Waals surface area (Å²) in [7, 11) is 3.12. The van der Waals surface area contributed by atoms with Crippen molar-refractivity contribution in [1.29, 1.82) is 0 Å². The number of fused-ring (bicyclic) bond motifs is 1. The monoisotopic (exact) mass is 764 g/mol. The molecular formula is C44H37ClN6O5. The zero-order chi connectivity index (χ0) is 39.3. The van der Waals surface area contributed by atoms with E-state index in [1.54, 1.807) is 42.7 Å². The van der Waals surface area contributed by atoms with Crippen LogP contribution in [0.15, 0.2) is 133 Å². The average Bonchev–Trinajstić information content (AvgIpc) is 3.69. The number of benzene rings is 4. The Morgan fingerprint density at radius 3 is 2.39 bits per heavy atom. The average molecular weight is 765 g/mol. The van der Waals surface area contributed by atoms with Crippen molar-refractivity contribution >= 4 is 34.7 Å². The van der Waals surface area contributed by atoms with Crippen molar-refractivity contribution in [2.45, 2.75) is 13.5 Å². The molecule has 0 saturated carbocycles. The topological polar surface area (TPSA) is 164 Å². The molecule has 1 aliphatic heterocycles. The van der Waals surface area contributed by atoms with E-state index in [-0.39, 0.29) is 34.4 Å². The molecule has 4 aromatic carbocycles. The maximum absolute atomic E-state index is 13.6. The Labute approximate surface area is 328 Å². The lowest BCUT2D eigenvalue weighted by Crippen LogP contribution is -2.23. The Kier molecular flexibility index (Phi) is 10.7. The number of allylic oxidation sites excluding steroid dienone is 2. The van der Waals surface area contributed by atoms with Gasteiger partial charge in [0.25, 0.3) is 5.91 Å². The highest BCUT2D eigenvalue weighted by Crippen LogP contribution is 2.44. The van der Waals surface area contributed by atoms with E-state index in [1.165, 1.54) is 19.4 Å². The van der Waals surface area contributed by atoms with Crippen molar-refractivity contribution in [2.24, 2.45) is 5.73 Å². The molecule has 1 aliphatic rings. The number of hydrogen-bond acceptors (Lipinski definition) is 9. The minimum absolute atomic E-state index is 0.0405. The Balaban J connectivity index is 1.15. The van der Waals surface area contributed by atoms with Crippen LogP contribution in [-0.4, -0.2) is 46.1 Å². The number of phenolic OH excluding ortho intramolecular Hbond substituents is 1. The summed E-state index contributed by atoms with van der Waals surface area (Å²) in [4.78, 5) is 39.3. The number of rotatable bonds is 10. The van der Waals surface area contributed by atoms with Gasteiger partial charge >= 0.3 is 5.97 Å². The number of anilines is 1. The fourth-order valence-electron chi connectivity index (χ4n) is 6.51. The molecule has 280 valence electrons. The lowest BCUT2D eigenvalue weighted by atomic mass is 9.86. The van der Waals surface area contributed by atoms with Crippen LogP contribution < -0.4 is 21.1 Å². The molecule has 2 aromatic heterocycles. The smallest absolute Gasteiger partial charge is 0.338 e. The number of amides is 1. The highest BCUT2D eigenvalue weighted by Gasteiger charge is 2.28. The van der Waals surface area contributed by atoms with Gasteiger partial charge in [0.15, 0.2) is 5.76 Å². The number of carbonyl (C=O) groups excluding carboxylic acids is 2. The van der Waals surface area contributed by atoms with Gasteiger partial charge < -0.3 is 35.9 Å². The summed E-state index contributed by atoms with van der Waals surface area (Å²) in [5, 5.41) is 16.6. The number of aromatic amines is 1. The van der Waals surface area contributed by atoms with Gasteiger partial charge in [-0.05, 0) is 66.6 Å². The molecule has 12 heteroatoms. The number of halogens is 1. The molecule has 6 N–H and O–H groups in total. The Morgan fingerprint density at radius 1 is 0.946 bits per heavy atom. The number of H-pyrrole nitrogens is 1. The second kappa shape index (κ2) is 16.1. The fourth-order valence-corrected chi connectivity index (χ4v) is 6.63. The van der Waals surface area contributed by atoms with E-state index in [4.69, 9.17) is 31.8 Å². The maximum atomic E-state index is 13.6. The van der Waals surface area contributed by atoms with Crippen LogP contribution in [0.25, 0.3) is 39.5 Å². The minimum atomic E-state index is -0.600. The molecule has 0 atom stereocenters. The molecule has 0 saturated heterocycles. The van der Waals surface area contributed by atoms with E-state index in [0.717, 1.165) is 33.6 Å². The highest BCUT2D eigenvalue weighted by atomic mass is 35.5. The van der Waals surface area contributed by atoms with E-state index in [2.05, 4.69) is 20.6 Å². The molecule has 0 spiro atoms. The minimum Gasteiger partial charge on any atom is -0.506 e. The number of aromatic hydroxyl groups is 1. The first kappa shape index (κ1) is 37.2. The molecule has 56 heavy (non-hydrogen) atoms. The van der Waals surface area contributed by atoms with E-state index in [9.17, 15) is 14.7 Å². The van der Waals surface area contributed by atoms with E-state index >= 15 is 0 Å². The summed E-state index contributed by atoms with van der Waals surface area (Å²) >= 11 is 6.08. The predicted molar refractivity (Wildman–Crippen MR) is 218 cm³/mol. The lowest BCUT2D eigenvalue weighted by molar-refractivity contribution is 0.0600. The molecule has 7 rings (SSSR count). The van der Waals surface area contributed by atoms with Crippen molar-refractivity contribution in [3.8, 4) is 45.4 Å². The van der Waals surface area contributed by atoms with Crippen molar-refractivity contribution in [3.05, 3.63) is 166 Å². The third-order valence-corrected chi connectivity index (χ3v) is 9.63. The van der Waals surface area contributed by atoms with Gasteiger partial charge in [-0.2, -0.15) is 0 Å². The van der Waals surface area contributed by atoms with Gasteiger partial charge in [0, 0.05) is 82.9 Å². The first-order valence-corrected chi connectivity index (χ1v) is 18.0. The fraction of sp³-hybridized carbons (Fsp3) is 0.0909. The van der Waals surface area contributed by atoms with Gasteiger partial charge in [-0.3, -0.25) is 9.78 Å². The Hall–Kier alpha value is -7.11. The Morgan fingerprint density at radius 2 is 1.70 bits per heavy atom. The third-order valence-electron chi connectivity index (χ3n) is 9.31. The molecule has 0 aliphatic carbocycles. The standard InChI is InChI=1S/C44H37ClN6O5/c1-4-5-32-38(23-46)56-37-22-30(47-2)12-14-33(37)39(32)31-13-10-29(20-34(31)44(54)55-3)43(53)49-24-25-6-8-27(9-7-25)42-50-40(26-16-18-48-19-17-26)41(51-42)28-11-15-35(45)36(52)21-28/h4-23,47,52H,24,46H2,1-3H3,(H,49,53)(H,50,51)/b5-4-,38-23+. The zero-order valence-electron chi connectivity index (χ0n) is 30.7. The first-order valence-electron chi connectivity index (χ1n) is 17.6. The number of nitrogens with one attached hydrogen (secondary N) is 3. The summed E-state index contributed by atoms with van der Waals surface area (Å²) in [5.74, 6) is 0.586. The first-order chi connectivity index (χ1) is 27.2. The van der Waals surface area contributed by atoms with Crippen LogP contribution in [0.3, 0.4) is 0 Å². The third kappa shape index (κ3) is 7.35. The molecule has 0 fully saturated rings. The molecule has 0 bridgehead atoms. The molecule has 1 amide bonds. The molecule has 0 unspecified atom stereocenters. The van der Waals surface area contributed by atoms with Crippen LogP contribution in [0.1, 0.15) is 44.3 Å².